The molecule has 1 aromatic heterocycles. The predicted octanol–water partition coefficient (Wildman–Crippen LogP) is 5.79. The number of carboxylic acid groups (broad SMARTS) is 1. The van der Waals surface area contributed by atoms with Gasteiger partial charge in [-0.3, -0.25) is 9.59 Å². The van der Waals surface area contributed by atoms with Gasteiger partial charge in [-0.25, -0.2) is 4.79 Å². The number of ether oxygens (including phenoxy) is 2. The molecule has 0 aliphatic carbocycles. The van der Waals surface area contributed by atoms with E-state index < -0.39 is 12.1 Å². The van der Waals surface area contributed by atoms with Crippen molar-refractivity contribution in [1.29, 1.82) is 0 Å². The van der Waals surface area contributed by atoms with Gasteiger partial charge in [0.15, 0.2) is 11.2 Å². The standard InChI is InChI=1S/C33H34O9/c1-4-6-25-28(14-12-23(19(3)34)31(25)37)40-17-22(35)18-41-29-15-13-24-27(36)16-30(42-32(24)26(29)7-5-2)20-8-10-21(11-9-20)33(38)39/h8-16,22,35,37H,4-7,17-18H2,1-3H3,(H,38,39). The Kier molecular flexibility index (Phi) is 9.64. The Balaban J connectivity index is 1.55. The van der Waals surface area contributed by atoms with Crippen molar-refractivity contribution >= 4 is 22.7 Å². The number of carbonyl (C=O) groups is 2. The first-order valence-electron chi connectivity index (χ1n) is 13.9. The number of fused-ring (bicyclic) bond motifs is 1. The zero-order valence-electron chi connectivity index (χ0n) is 23.8. The Morgan fingerprint density at radius 3 is 2.07 bits per heavy atom. The van der Waals surface area contributed by atoms with Gasteiger partial charge in [-0.2, -0.15) is 0 Å². The summed E-state index contributed by atoms with van der Waals surface area (Å²) in [6, 6.07) is 13.9. The maximum atomic E-state index is 13.0. The molecule has 0 saturated carbocycles. The van der Waals surface area contributed by atoms with Crippen molar-refractivity contribution in [3.8, 4) is 28.6 Å². The second-order valence-corrected chi connectivity index (χ2v) is 10.0. The smallest absolute Gasteiger partial charge is 0.335 e. The Bertz CT molecular complexity index is 1650. The van der Waals surface area contributed by atoms with Crippen molar-refractivity contribution in [2.45, 2.75) is 52.6 Å². The SMILES string of the molecule is CCCc1c(OCC(O)COc2ccc3c(=O)cc(-c4ccc(C(=O)O)cc4)oc3c2CCC)ccc(C(C)=O)c1O. The summed E-state index contributed by atoms with van der Waals surface area (Å²) < 4.78 is 18.0. The number of rotatable bonds is 13. The molecular formula is C33H34O9. The van der Waals surface area contributed by atoms with E-state index in [0.29, 0.717) is 57.8 Å². The second kappa shape index (κ2) is 13.4. The minimum Gasteiger partial charge on any atom is -0.507 e. The van der Waals surface area contributed by atoms with Crippen LogP contribution in [-0.2, 0) is 12.8 Å². The molecule has 42 heavy (non-hydrogen) atoms. The van der Waals surface area contributed by atoms with Gasteiger partial charge in [0.1, 0.15) is 47.9 Å². The number of aromatic carboxylic acids is 1. The fraction of sp³-hybridized carbons (Fsp3) is 0.303. The molecule has 0 aliphatic rings. The zero-order valence-corrected chi connectivity index (χ0v) is 23.8. The number of aliphatic hydroxyl groups is 1. The number of Topliss-reactive ketones (excluding diaryl/α,β-unsaturated/α-hetero) is 1. The number of benzene rings is 3. The molecule has 9 nitrogen and oxygen atoms in total. The van der Waals surface area contributed by atoms with Crippen LogP contribution in [0.15, 0.2) is 63.8 Å². The topological polar surface area (TPSA) is 144 Å². The molecule has 0 fully saturated rings. The Hall–Kier alpha value is -4.63. The van der Waals surface area contributed by atoms with Crippen molar-refractivity contribution < 1.29 is 38.8 Å². The first-order chi connectivity index (χ1) is 20.1. The summed E-state index contributed by atoms with van der Waals surface area (Å²) in [7, 11) is 0. The van der Waals surface area contributed by atoms with Crippen LogP contribution in [-0.4, -0.2) is 46.4 Å². The molecule has 9 heteroatoms. The van der Waals surface area contributed by atoms with Crippen molar-refractivity contribution in [2.24, 2.45) is 0 Å². The first kappa shape index (κ1) is 30.3. The predicted molar refractivity (Wildman–Crippen MR) is 158 cm³/mol. The van der Waals surface area contributed by atoms with E-state index in [9.17, 15) is 29.7 Å². The van der Waals surface area contributed by atoms with Crippen LogP contribution in [0, 0.1) is 0 Å². The number of aryl methyl sites for hydroxylation is 1. The van der Waals surface area contributed by atoms with E-state index in [-0.39, 0.29) is 41.3 Å². The molecule has 0 aliphatic heterocycles. The van der Waals surface area contributed by atoms with Crippen LogP contribution in [0.1, 0.15) is 65.5 Å². The second-order valence-electron chi connectivity index (χ2n) is 10.0. The Labute approximate surface area is 243 Å². The average molecular weight is 575 g/mol. The highest BCUT2D eigenvalue weighted by molar-refractivity contribution is 5.97. The lowest BCUT2D eigenvalue weighted by Crippen LogP contribution is -2.25. The number of hydrogen-bond acceptors (Lipinski definition) is 8. The van der Waals surface area contributed by atoms with Gasteiger partial charge in [-0.15, -0.1) is 0 Å². The van der Waals surface area contributed by atoms with Crippen LogP contribution in [0.25, 0.3) is 22.3 Å². The summed E-state index contributed by atoms with van der Waals surface area (Å²) in [6.45, 7) is 5.10. The summed E-state index contributed by atoms with van der Waals surface area (Å²) in [4.78, 5) is 36.0. The largest absolute Gasteiger partial charge is 0.507 e. The number of carbonyl (C=O) groups excluding carboxylic acids is 1. The zero-order chi connectivity index (χ0) is 30.4. The third-order valence-electron chi connectivity index (χ3n) is 6.86. The van der Waals surface area contributed by atoms with Gasteiger partial charge in [0.05, 0.1) is 16.5 Å². The third-order valence-corrected chi connectivity index (χ3v) is 6.86. The Morgan fingerprint density at radius 2 is 1.48 bits per heavy atom. The molecular weight excluding hydrogens is 540 g/mol. The van der Waals surface area contributed by atoms with Gasteiger partial charge >= 0.3 is 5.97 Å². The maximum Gasteiger partial charge on any atom is 0.335 e. The molecule has 220 valence electrons. The molecule has 0 amide bonds. The van der Waals surface area contributed by atoms with Crippen molar-refractivity contribution in [3.05, 3.63) is 87.1 Å². The van der Waals surface area contributed by atoms with E-state index in [1.807, 2.05) is 13.8 Å². The monoisotopic (exact) mass is 574 g/mol. The number of ketones is 1. The van der Waals surface area contributed by atoms with Crippen LogP contribution in [0.3, 0.4) is 0 Å². The number of aliphatic hydroxyl groups excluding tert-OH is 1. The van der Waals surface area contributed by atoms with E-state index >= 15 is 0 Å². The minimum absolute atomic E-state index is 0.105. The molecule has 0 radical (unpaired) electrons. The Morgan fingerprint density at radius 1 is 0.881 bits per heavy atom. The van der Waals surface area contributed by atoms with Crippen LogP contribution < -0.4 is 14.9 Å². The normalized spacial score (nSPS) is 11.8. The number of aromatic hydroxyl groups is 1. The van der Waals surface area contributed by atoms with E-state index in [1.54, 1.807) is 30.3 Å². The number of phenolic OH excluding ortho intramolecular Hbond substituents is 1. The molecule has 0 saturated heterocycles. The number of phenols is 1. The van der Waals surface area contributed by atoms with Gasteiger partial charge < -0.3 is 29.2 Å². The molecule has 4 rings (SSSR count). The summed E-state index contributed by atoms with van der Waals surface area (Å²) >= 11 is 0. The van der Waals surface area contributed by atoms with Gasteiger partial charge in [-0.1, -0.05) is 38.8 Å². The molecule has 1 atom stereocenters. The highest BCUT2D eigenvalue weighted by Gasteiger charge is 2.19. The molecule has 1 unspecified atom stereocenters. The van der Waals surface area contributed by atoms with Gasteiger partial charge in [-0.05, 0) is 56.2 Å². The third kappa shape index (κ3) is 6.63. The fourth-order valence-electron chi connectivity index (χ4n) is 4.75. The van der Waals surface area contributed by atoms with Crippen molar-refractivity contribution in [2.75, 3.05) is 13.2 Å². The molecule has 0 spiro atoms. The van der Waals surface area contributed by atoms with Crippen LogP contribution in [0.2, 0.25) is 0 Å². The summed E-state index contributed by atoms with van der Waals surface area (Å²) in [5.74, 6) is -0.254. The number of carboxylic acids is 1. The minimum atomic E-state index is -1.05. The summed E-state index contributed by atoms with van der Waals surface area (Å²) in [5.41, 5.74) is 2.23. The van der Waals surface area contributed by atoms with Gasteiger partial charge in [0.25, 0.3) is 0 Å². The van der Waals surface area contributed by atoms with E-state index in [2.05, 4.69) is 0 Å². The highest BCUT2D eigenvalue weighted by Crippen LogP contribution is 2.34. The molecule has 4 aromatic rings. The summed E-state index contributed by atoms with van der Waals surface area (Å²) in [5, 5.41) is 30.8. The lowest BCUT2D eigenvalue weighted by atomic mass is 10.0. The van der Waals surface area contributed by atoms with E-state index in [0.717, 1.165) is 12.8 Å². The highest BCUT2D eigenvalue weighted by atomic mass is 16.5. The molecule has 1 heterocycles. The van der Waals surface area contributed by atoms with E-state index in [4.69, 9.17) is 13.9 Å². The average Bonchev–Trinajstić information content (AvgIpc) is 2.97. The molecule has 3 N–H and O–H groups in total. The first-order valence-corrected chi connectivity index (χ1v) is 13.9. The van der Waals surface area contributed by atoms with E-state index in [1.165, 1.54) is 31.2 Å². The molecule has 0 bridgehead atoms. The van der Waals surface area contributed by atoms with Crippen LogP contribution in [0.4, 0.5) is 0 Å². The van der Waals surface area contributed by atoms with Crippen LogP contribution >= 0.6 is 0 Å². The van der Waals surface area contributed by atoms with Crippen LogP contribution in [0.5, 0.6) is 17.2 Å². The van der Waals surface area contributed by atoms with Crippen molar-refractivity contribution in [3.63, 3.8) is 0 Å². The fourth-order valence-corrected chi connectivity index (χ4v) is 4.75. The van der Waals surface area contributed by atoms with Crippen molar-refractivity contribution in [1.82, 2.24) is 0 Å². The summed E-state index contributed by atoms with van der Waals surface area (Å²) in [6.07, 6.45) is 1.49. The lowest BCUT2D eigenvalue weighted by Gasteiger charge is -2.18. The maximum absolute atomic E-state index is 13.0. The van der Waals surface area contributed by atoms with Gasteiger partial charge in [0, 0.05) is 22.8 Å². The van der Waals surface area contributed by atoms with Gasteiger partial charge in [0.2, 0.25) is 0 Å². The lowest BCUT2D eigenvalue weighted by molar-refractivity contribution is 0.0618. The quantitative estimate of drug-likeness (QED) is 0.169. The number of hydrogen-bond donors (Lipinski definition) is 3. The molecule has 3 aromatic carbocycles.